The summed E-state index contributed by atoms with van der Waals surface area (Å²) >= 11 is 0. The molecular weight excluding hydrogens is 396 g/mol. The fraction of sp³-hybridized carbons (Fsp3) is 0.690. The lowest BCUT2D eigenvalue weighted by Gasteiger charge is -2.61. The minimum atomic E-state index is -0.886. The highest BCUT2D eigenvalue weighted by molar-refractivity contribution is 5.66. The molecule has 0 unspecified atom stereocenters. The van der Waals surface area contributed by atoms with Crippen LogP contribution in [0.4, 0.5) is 0 Å². The van der Waals surface area contributed by atoms with Crippen molar-refractivity contribution < 1.29 is 14.6 Å². The molecule has 3 heteroatoms. The predicted octanol–water partition coefficient (Wildman–Crippen LogP) is 5.74. The van der Waals surface area contributed by atoms with Crippen LogP contribution >= 0.6 is 0 Å². The van der Waals surface area contributed by atoms with Gasteiger partial charge in [0.15, 0.2) is 0 Å². The van der Waals surface area contributed by atoms with Gasteiger partial charge in [0.2, 0.25) is 0 Å². The number of fused-ring (bicyclic) bond motifs is 5. The molecule has 8 atom stereocenters. The van der Waals surface area contributed by atoms with Gasteiger partial charge in [-0.05, 0) is 99.0 Å². The average Bonchev–Trinajstić information content (AvgIpc) is 3.04. The Morgan fingerprint density at radius 3 is 2.50 bits per heavy atom. The molecule has 32 heavy (non-hydrogen) atoms. The van der Waals surface area contributed by atoms with Crippen LogP contribution in [0.15, 0.2) is 30.3 Å². The Morgan fingerprint density at radius 2 is 1.75 bits per heavy atom. The zero-order chi connectivity index (χ0) is 22.6. The number of rotatable bonds is 1. The fourth-order valence-corrected chi connectivity index (χ4v) is 8.48. The van der Waals surface area contributed by atoms with E-state index in [0.29, 0.717) is 23.2 Å². The van der Waals surface area contributed by atoms with E-state index in [9.17, 15) is 9.90 Å². The molecule has 0 amide bonds. The van der Waals surface area contributed by atoms with Gasteiger partial charge < -0.3 is 9.84 Å². The van der Waals surface area contributed by atoms with Gasteiger partial charge in [0.25, 0.3) is 0 Å². The summed E-state index contributed by atoms with van der Waals surface area (Å²) < 4.78 is 5.61. The molecule has 1 N–H and O–H groups in total. The number of hydrogen-bond donors (Lipinski definition) is 1. The second kappa shape index (κ2) is 7.91. The largest absolute Gasteiger partial charge is 0.463 e. The highest BCUT2D eigenvalue weighted by atomic mass is 16.5. The third kappa shape index (κ3) is 3.41. The molecule has 0 radical (unpaired) electrons. The molecule has 172 valence electrons. The van der Waals surface area contributed by atoms with Crippen LogP contribution in [0.5, 0.6) is 0 Å². The number of carbonyl (C=O) groups is 1. The van der Waals surface area contributed by atoms with Gasteiger partial charge in [-0.25, -0.2) is 0 Å². The van der Waals surface area contributed by atoms with Gasteiger partial charge in [-0.1, -0.05) is 43.9 Å². The van der Waals surface area contributed by atoms with Crippen LogP contribution < -0.4 is 0 Å². The lowest BCUT2D eigenvalue weighted by Crippen LogP contribution is -2.56. The maximum atomic E-state index is 11.8. The SMILES string of the molecule is CC(=O)O[C@@H]1CC[C@]2(C)[C@H](CC[C@@H]3[C@H]4CC[C@@](O)(C#Cc5ccccc5)[C@@]4(C)CC[C@@H]32)C1. The highest BCUT2D eigenvalue weighted by Crippen LogP contribution is 2.68. The monoisotopic (exact) mass is 434 g/mol. The first-order chi connectivity index (χ1) is 15.3. The second-order valence-electron chi connectivity index (χ2n) is 11.6. The number of carbonyl (C=O) groups excluding carboxylic acids is 1. The summed E-state index contributed by atoms with van der Waals surface area (Å²) in [6, 6.07) is 10.1. The first-order valence-electron chi connectivity index (χ1n) is 12.7. The summed E-state index contributed by atoms with van der Waals surface area (Å²) in [4.78, 5) is 11.5. The minimum absolute atomic E-state index is 0.112. The quantitative estimate of drug-likeness (QED) is 0.453. The molecule has 4 aliphatic rings. The van der Waals surface area contributed by atoms with Crippen LogP contribution in [0.1, 0.15) is 84.1 Å². The van der Waals surface area contributed by atoms with Crippen molar-refractivity contribution in [2.45, 2.75) is 90.3 Å². The van der Waals surface area contributed by atoms with Gasteiger partial charge in [-0.3, -0.25) is 4.79 Å². The van der Waals surface area contributed by atoms with Crippen LogP contribution in [0.2, 0.25) is 0 Å². The molecule has 0 aliphatic heterocycles. The number of esters is 1. The standard InChI is InChI=1S/C29H38O3/c1-20(30)32-23-12-15-27(2)22(19-23)9-10-24-25(27)13-16-28(3)26(24)14-18-29(28,31)17-11-21-7-5-4-6-8-21/h4-8,22-26,31H,9-10,12-16,18-19H2,1-3H3/t22-,23-,24+,25+,26-,27-,28+,29+/m1/s1. The molecule has 4 saturated carbocycles. The molecule has 0 aromatic heterocycles. The Kier molecular flexibility index (Phi) is 5.44. The fourth-order valence-electron chi connectivity index (χ4n) is 8.48. The van der Waals surface area contributed by atoms with Gasteiger partial charge in [0.05, 0.1) is 0 Å². The lowest BCUT2D eigenvalue weighted by molar-refractivity contribution is -0.163. The second-order valence-corrected chi connectivity index (χ2v) is 11.6. The molecule has 4 aliphatic carbocycles. The van der Waals surface area contributed by atoms with Gasteiger partial charge in [0.1, 0.15) is 11.7 Å². The number of aliphatic hydroxyl groups is 1. The summed E-state index contributed by atoms with van der Waals surface area (Å²) in [6.45, 7) is 6.39. The van der Waals surface area contributed by atoms with E-state index in [1.165, 1.54) is 26.2 Å². The van der Waals surface area contributed by atoms with Crippen LogP contribution in [-0.2, 0) is 9.53 Å². The molecule has 4 fully saturated rings. The van der Waals surface area contributed by atoms with Gasteiger partial charge in [0, 0.05) is 17.9 Å². The summed E-state index contributed by atoms with van der Waals surface area (Å²) in [7, 11) is 0. The molecule has 1 aromatic carbocycles. The van der Waals surface area contributed by atoms with Crippen molar-refractivity contribution >= 4 is 5.97 Å². The van der Waals surface area contributed by atoms with Crippen molar-refractivity contribution in [3.8, 4) is 11.8 Å². The molecule has 1 aromatic rings. The first-order valence-corrected chi connectivity index (χ1v) is 12.7. The first kappa shape index (κ1) is 22.0. The Hall–Kier alpha value is -1.79. The van der Waals surface area contributed by atoms with Gasteiger partial charge >= 0.3 is 5.97 Å². The van der Waals surface area contributed by atoms with Crippen LogP contribution in [-0.4, -0.2) is 22.8 Å². The summed E-state index contributed by atoms with van der Waals surface area (Å²) in [5.74, 6) is 9.13. The van der Waals surface area contributed by atoms with Crippen molar-refractivity contribution in [1.82, 2.24) is 0 Å². The van der Waals surface area contributed by atoms with Crippen molar-refractivity contribution in [2.75, 3.05) is 0 Å². The van der Waals surface area contributed by atoms with E-state index in [2.05, 4.69) is 25.7 Å². The third-order valence-corrected chi connectivity index (χ3v) is 10.3. The summed E-state index contributed by atoms with van der Waals surface area (Å²) in [5, 5.41) is 11.8. The van der Waals surface area contributed by atoms with Crippen molar-refractivity contribution in [3.63, 3.8) is 0 Å². The normalized spacial score (nSPS) is 44.9. The predicted molar refractivity (Wildman–Crippen MR) is 126 cm³/mol. The van der Waals surface area contributed by atoms with Gasteiger partial charge in [-0.15, -0.1) is 0 Å². The third-order valence-electron chi connectivity index (χ3n) is 10.3. The van der Waals surface area contributed by atoms with E-state index >= 15 is 0 Å². The number of ether oxygens (including phenoxy) is 1. The molecule has 3 nitrogen and oxygen atoms in total. The van der Waals surface area contributed by atoms with Gasteiger partial charge in [-0.2, -0.15) is 0 Å². The van der Waals surface area contributed by atoms with E-state index in [1.807, 2.05) is 30.3 Å². The molecule has 0 spiro atoms. The van der Waals surface area contributed by atoms with Crippen molar-refractivity contribution in [1.29, 1.82) is 0 Å². The topological polar surface area (TPSA) is 46.5 Å². The van der Waals surface area contributed by atoms with E-state index in [4.69, 9.17) is 4.74 Å². The zero-order valence-corrected chi connectivity index (χ0v) is 19.9. The number of hydrogen-bond acceptors (Lipinski definition) is 3. The van der Waals surface area contributed by atoms with Crippen molar-refractivity contribution in [2.24, 2.45) is 34.5 Å². The van der Waals surface area contributed by atoms with Crippen LogP contribution in [0.3, 0.4) is 0 Å². The van der Waals surface area contributed by atoms with E-state index in [-0.39, 0.29) is 17.5 Å². The van der Waals surface area contributed by atoms with E-state index < -0.39 is 5.60 Å². The molecule has 0 bridgehead atoms. The molecule has 5 rings (SSSR count). The van der Waals surface area contributed by atoms with E-state index in [1.54, 1.807) is 0 Å². The maximum absolute atomic E-state index is 11.8. The summed E-state index contributed by atoms with van der Waals surface area (Å²) in [5.41, 5.74) is 0.327. The lowest BCUT2D eigenvalue weighted by atomic mass is 9.44. The Bertz CT molecular complexity index is 929. The minimum Gasteiger partial charge on any atom is -0.463 e. The van der Waals surface area contributed by atoms with Crippen LogP contribution in [0.25, 0.3) is 0 Å². The molecular formula is C29H38O3. The average molecular weight is 435 g/mol. The Morgan fingerprint density at radius 1 is 1.00 bits per heavy atom. The zero-order valence-electron chi connectivity index (χ0n) is 19.9. The van der Waals surface area contributed by atoms with Crippen molar-refractivity contribution in [3.05, 3.63) is 35.9 Å². The number of benzene rings is 1. The highest BCUT2D eigenvalue weighted by Gasteiger charge is 2.64. The van der Waals surface area contributed by atoms with E-state index in [0.717, 1.165) is 50.0 Å². The Labute approximate surface area is 193 Å². The Balaban J connectivity index is 1.36. The molecule has 0 heterocycles. The summed E-state index contributed by atoms with van der Waals surface area (Å²) in [6.07, 6.45) is 9.94. The molecule has 0 saturated heterocycles. The maximum Gasteiger partial charge on any atom is 0.302 e. The van der Waals surface area contributed by atoms with Crippen LogP contribution in [0, 0.1) is 46.3 Å². The smallest absolute Gasteiger partial charge is 0.302 e.